The summed E-state index contributed by atoms with van der Waals surface area (Å²) in [6.07, 6.45) is 1.06. The summed E-state index contributed by atoms with van der Waals surface area (Å²) >= 11 is 3.37. The van der Waals surface area contributed by atoms with Gasteiger partial charge < -0.3 is 14.4 Å². The van der Waals surface area contributed by atoms with Crippen LogP contribution in [0, 0.1) is 0 Å². The van der Waals surface area contributed by atoms with E-state index in [4.69, 9.17) is 9.52 Å². The van der Waals surface area contributed by atoms with Crippen LogP contribution < -0.4 is 0 Å². The molecule has 0 aliphatic heterocycles. The van der Waals surface area contributed by atoms with Gasteiger partial charge in [-0.3, -0.25) is 4.79 Å². The number of carboxylic acid groups (broad SMARTS) is 1. The van der Waals surface area contributed by atoms with Crippen LogP contribution in [0.15, 0.2) is 45.5 Å². The molecule has 0 radical (unpaired) electrons. The molecule has 1 aromatic heterocycles. The predicted octanol–water partition coefficient (Wildman–Crippen LogP) is 3.01. The smallest absolute Gasteiger partial charge is 0.338 e. The van der Waals surface area contributed by atoms with Gasteiger partial charge in [-0.05, 0) is 17.7 Å². The monoisotopic (exact) mass is 337 g/mol. The molecule has 5 nitrogen and oxygen atoms in total. The topological polar surface area (TPSA) is 70.8 Å². The van der Waals surface area contributed by atoms with Gasteiger partial charge in [0.2, 0.25) is 0 Å². The van der Waals surface area contributed by atoms with Crippen molar-refractivity contribution in [1.82, 2.24) is 4.90 Å². The van der Waals surface area contributed by atoms with Crippen molar-refractivity contribution in [3.05, 3.63) is 58.0 Å². The SMILES string of the molecule is CN(Cc1cccc(Br)c1)C(=O)c1cc(C(=O)O)co1. The summed E-state index contributed by atoms with van der Waals surface area (Å²) in [5.74, 6) is -1.47. The van der Waals surface area contributed by atoms with E-state index in [1.807, 2.05) is 24.3 Å². The largest absolute Gasteiger partial charge is 0.478 e. The Balaban J connectivity index is 2.10. The average molecular weight is 338 g/mol. The second-order valence-electron chi connectivity index (χ2n) is 4.30. The maximum Gasteiger partial charge on any atom is 0.338 e. The highest BCUT2D eigenvalue weighted by Gasteiger charge is 2.18. The molecule has 1 heterocycles. The highest BCUT2D eigenvalue weighted by atomic mass is 79.9. The molecule has 104 valence electrons. The number of aromatic carboxylic acids is 1. The van der Waals surface area contributed by atoms with Gasteiger partial charge in [-0.2, -0.15) is 0 Å². The maximum atomic E-state index is 12.1. The lowest BCUT2D eigenvalue weighted by Crippen LogP contribution is -2.25. The third kappa shape index (κ3) is 3.27. The summed E-state index contributed by atoms with van der Waals surface area (Å²) in [6, 6.07) is 8.82. The van der Waals surface area contributed by atoms with Crippen molar-refractivity contribution in [1.29, 1.82) is 0 Å². The van der Waals surface area contributed by atoms with Crippen LogP contribution in [0.4, 0.5) is 0 Å². The zero-order chi connectivity index (χ0) is 14.7. The van der Waals surface area contributed by atoms with Gasteiger partial charge in [0.1, 0.15) is 6.26 Å². The van der Waals surface area contributed by atoms with Crippen LogP contribution in [0.5, 0.6) is 0 Å². The molecule has 0 bridgehead atoms. The summed E-state index contributed by atoms with van der Waals surface area (Å²) in [7, 11) is 1.63. The lowest BCUT2D eigenvalue weighted by atomic mass is 10.2. The minimum atomic E-state index is -1.12. The first kappa shape index (κ1) is 14.3. The van der Waals surface area contributed by atoms with E-state index in [1.165, 1.54) is 11.0 Å². The van der Waals surface area contributed by atoms with Crippen molar-refractivity contribution < 1.29 is 19.1 Å². The summed E-state index contributed by atoms with van der Waals surface area (Å²) in [4.78, 5) is 24.3. The molecule has 20 heavy (non-hydrogen) atoms. The Morgan fingerprint density at radius 2 is 2.10 bits per heavy atom. The molecule has 0 fully saturated rings. The number of nitrogens with zero attached hydrogens (tertiary/aromatic N) is 1. The van der Waals surface area contributed by atoms with Crippen LogP contribution in [-0.4, -0.2) is 28.9 Å². The van der Waals surface area contributed by atoms with E-state index in [1.54, 1.807) is 7.05 Å². The Morgan fingerprint density at radius 3 is 2.70 bits per heavy atom. The van der Waals surface area contributed by atoms with E-state index in [9.17, 15) is 9.59 Å². The Bertz CT molecular complexity index is 650. The van der Waals surface area contributed by atoms with Gasteiger partial charge in [-0.25, -0.2) is 4.79 Å². The van der Waals surface area contributed by atoms with E-state index in [0.717, 1.165) is 16.3 Å². The fraction of sp³-hybridized carbons (Fsp3) is 0.143. The molecule has 1 N–H and O–H groups in total. The third-order valence-electron chi connectivity index (χ3n) is 2.71. The fourth-order valence-corrected chi connectivity index (χ4v) is 2.18. The summed E-state index contributed by atoms with van der Waals surface area (Å²) in [5.41, 5.74) is 0.921. The molecule has 0 atom stereocenters. The Kier molecular flexibility index (Phi) is 4.24. The zero-order valence-electron chi connectivity index (χ0n) is 10.7. The van der Waals surface area contributed by atoms with Crippen molar-refractivity contribution in [3.8, 4) is 0 Å². The van der Waals surface area contributed by atoms with E-state index in [-0.39, 0.29) is 17.2 Å². The third-order valence-corrected chi connectivity index (χ3v) is 3.21. The van der Waals surface area contributed by atoms with Crippen LogP contribution in [0.1, 0.15) is 26.5 Å². The lowest BCUT2D eigenvalue weighted by molar-refractivity contribution is 0.0695. The normalized spacial score (nSPS) is 10.3. The van der Waals surface area contributed by atoms with Crippen molar-refractivity contribution in [3.63, 3.8) is 0 Å². The number of rotatable bonds is 4. The quantitative estimate of drug-likeness (QED) is 0.930. The number of furan rings is 1. The first-order chi connectivity index (χ1) is 9.47. The van der Waals surface area contributed by atoms with Crippen LogP contribution in [-0.2, 0) is 6.54 Å². The van der Waals surface area contributed by atoms with E-state index < -0.39 is 5.97 Å². The van der Waals surface area contributed by atoms with Crippen LogP contribution in [0.25, 0.3) is 0 Å². The first-order valence-corrected chi connectivity index (χ1v) is 6.58. The Morgan fingerprint density at radius 1 is 1.35 bits per heavy atom. The standard InChI is InChI=1S/C14H12BrNO4/c1-16(7-9-3-2-4-11(15)5-9)13(17)12-6-10(8-20-12)14(18)19/h2-6,8H,7H2,1H3,(H,18,19). The van der Waals surface area contributed by atoms with Crippen LogP contribution >= 0.6 is 15.9 Å². The zero-order valence-corrected chi connectivity index (χ0v) is 12.3. The molecule has 0 saturated heterocycles. The molecule has 0 saturated carbocycles. The van der Waals surface area contributed by atoms with Gasteiger partial charge >= 0.3 is 5.97 Å². The maximum absolute atomic E-state index is 12.1. The van der Waals surface area contributed by atoms with E-state index in [2.05, 4.69) is 15.9 Å². The van der Waals surface area contributed by atoms with E-state index in [0.29, 0.717) is 6.54 Å². The number of hydrogen-bond acceptors (Lipinski definition) is 3. The molecule has 2 rings (SSSR count). The summed E-state index contributed by atoms with van der Waals surface area (Å²) < 4.78 is 5.92. The van der Waals surface area contributed by atoms with Gasteiger partial charge in [-0.15, -0.1) is 0 Å². The van der Waals surface area contributed by atoms with Gasteiger partial charge in [0.25, 0.3) is 5.91 Å². The number of carboxylic acids is 1. The average Bonchev–Trinajstić information content (AvgIpc) is 2.87. The van der Waals surface area contributed by atoms with Gasteiger partial charge in [-0.1, -0.05) is 28.1 Å². The molecular formula is C14H12BrNO4. The highest BCUT2D eigenvalue weighted by Crippen LogP contribution is 2.15. The second-order valence-corrected chi connectivity index (χ2v) is 5.21. The predicted molar refractivity (Wildman–Crippen MR) is 75.6 cm³/mol. The molecule has 0 aliphatic carbocycles. The first-order valence-electron chi connectivity index (χ1n) is 5.79. The molecular weight excluding hydrogens is 326 g/mol. The summed E-state index contributed by atoms with van der Waals surface area (Å²) in [5, 5.41) is 8.79. The molecule has 2 aromatic rings. The number of benzene rings is 1. The molecule has 1 amide bonds. The van der Waals surface area contributed by atoms with Crippen LogP contribution in [0.2, 0.25) is 0 Å². The minimum absolute atomic E-state index is 0.0138. The minimum Gasteiger partial charge on any atom is -0.478 e. The van der Waals surface area contributed by atoms with Crippen LogP contribution in [0.3, 0.4) is 0 Å². The Labute approximate surface area is 123 Å². The number of carbonyl (C=O) groups excluding carboxylic acids is 1. The number of amides is 1. The van der Waals surface area contributed by atoms with Crippen molar-refractivity contribution in [2.75, 3.05) is 7.05 Å². The molecule has 6 heteroatoms. The van der Waals surface area contributed by atoms with Crippen molar-refractivity contribution >= 4 is 27.8 Å². The van der Waals surface area contributed by atoms with Gasteiger partial charge in [0, 0.05) is 24.1 Å². The fourth-order valence-electron chi connectivity index (χ4n) is 1.73. The van der Waals surface area contributed by atoms with Crippen molar-refractivity contribution in [2.24, 2.45) is 0 Å². The number of halogens is 1. The lowest BCUT2D eigenvalue weighted by Gasteiger charge is -2.15. The number of carbonyl (C=O) groups is 2. The van der Waals surface area contributed by atoms with Crippen molar-refractivity contribution in [2.45, 2.75) is 6.54 Å². The van der Waals surface area contributed by atoms with E-state index >= 15 is 0 Å². The molecule has 0 unspecified atom stereocenters. The number of hydrogen-bond donors (Lipinski definition) is 1. The molecule has 1 aromatic carbocycles. The second kappa shape index (κ2) is 5.92. The van der Waals surface area contributed by atoms with Gasteiger partial charge in [0.15, 0.2) is 5.76 Å². The summed E-state index contributed by atoms with van der Waals surface area (Å²) in [6.45, 7) is 0.404. The molecule has 0 aliphatic rings. The Hall–Kier alpha value is -2.08. The van der Waals surface area contributed by atoms with Gasteiger partial charge in [0.05, 0.1) is 5.56 Å². The highest BCUT2D eigenvalue weighted by molar-refractivity contribution is 9.10. The molecule has 0 spiro atoms.